The van der Waals surface area contributed by atoms with Gasteiger partial charge in [0, 0.05) is 31.2 Å². The Hall–Kier alpha value is -3.06. The molecule has 31 heavy (non-hydrogen) atoms. The second-order valence-electron chi connectivity index (χ2n) is 8.48. The highest BCUT2D eigenvalue weighted by atomic mass is 16.5. The molecule has 0 radical (unpaired) electrons. The molecule has 3 aliphatic heterocycles. The summed E-state index contributed by atoms with van der Waals surface area (Å²) in [4.78, 5) is 28.2. The summed E-state index contributed by atoms with van der Waals surface area (Å²) in [5, 5.41) is 2.87. The van der Waals surface area contributed by atoms with Crippen LogP contribution in [-0.2, 0) is 11.2 Å². The van der Waals surface area contributed by atoms with Crippen LogP contribution in [0.3, 0.4) is 0 Å². The van der Waals surface area contributed by atoms with Crippen LogP contribution in [0.4, 0.5) is 4.79 Å². The molecule has 5 rings (SSSR count). The highest BCUT2D eigenvalue weighted by molar-refractivity contribution is 6.04. The molecule has 7 nitrogen and oxygen atoms in total. The maximum atomic E-state index is 13.0. The van der Waals surface area contributed by atoms with Crippen LogP contribution in [0.2, 0.25) is 0 Å². The van der Waals surface area contributed by atoms with Gasteiger partial charge in [-0.05, 0) is 23.8 Å². The number of urea groups is 1. The topological polar surface area (TPSA) is 72.3 Å². The molecule has 2 aromatic rings. The molecular weight excluding hydrogens is 394 g/mol. The number of benzene rings is 2. The van der Waals surface area contributed by atoms with Crippen LogP contribution in [0, 0.1) is 0 Å². The Morgan fingerprint density at radius 3 is 2.65 bits per heavy atom. The normalized spacial score (nSPS) is 25.4. The second-order valence-corrected chi connectivity index (χ2v) is 8.48. The SMILES string of the molecule is O=C1N[C@H](Cc2ccccc2)C(=O)N1C[NH+]1CCC[C@@H]1c1ccc2c(c1)OCCCO2. The Morgan fingerprint density at radius 2 is 1.81 bits per heavy atom. The monoisotopic (exact) mass is 422 g/mol. The number of amides is 3. The Bertz CT molecular complexity index is 965. The molecule has 2 aromatic carbocycles. The van der Waals surface area contributed by atoms with Gasteiger partial charge in [-0.3, -0.25) is 4.79 Å². The van der Waals surface area contributed by atoms with Crippen molar-refractivity contribution in [3.8, 4) is 11.5 Å². The van der Waals surface area contributed by atoms with Crippen LogP contribution in [0.25, 0.3) is 0 Å². The van der Waals surface area contributed by atoms with Crippen molar-refractivity contribution < 1.29 is 24.0 Å². The van der Waals surface area contributed by atoms with E-state index in [2.05, 4.69) is 17.4 Å². The number of carbonyl (C=O) groups excluding carboxylic acids is 2. The fraction of sp³-hybridized carbons (Fsp3) is 0.417. The molecule has 3 aliphatic rings. The number of fused-ring (bicyclic) bond motifs is 1. The minimum atomic E-state index is -0.492. The standard InChI is InChI=1S/C24H27N3O4/c28-23-19(14-17-6-2-1-3-7-17)25-24(29)27(23)16-26-11-4-8-20(26)18-9-10-21-22(15-18)31-13-5-12-30-21/h1-3,6-7,9-10,15,19-20H,4-5,8,11-14,16H2,(H,25,29)/p+1/t19-,20-/m1/s1. The first-order chi connectivity index (χ1) is 15.2. The third kappa shape index (κ3) is 4.10. The lowest BCUT2D eigenvalue weighted by Crippen LogP contribution is -3.12. The number of rotatable bonds is 5. The Morgan fingerprint density at radius 1 is 1.00 bits per heavy atom. The van der Waals surface area contributed by atoms with Gasteiger partial charge in [0.1, 0.15) is 12.1 Å². The molecule has 162 valence electrons. The summed E-state index contributed by atoms with van der Waals surface area (Å²) in [6.07, 6.45) is 3.47. The number of imide groups is 1. The highest BCUT2D eigenvalue weighted by Gasteiger charge is 2.42. The van der Waals surface area contributed by atoms with Crippen molar-refractivity contribution in [1.82, 2.24) is 10.2 Å². The quantitative estimate of drug-likeness (QED) is 0.720. The maximum absolute atomic E-state index is 13.0. The van der Waals surface area contributed by atoms with Gasteiger partial charge in [0.25, 0.3) is 5.91 Å². The fourth-order valence-corrected chi connectivity index (χ4v) is 4.82. The lowest BCUT2D eigenvalue weighted by atomic mass is 10.0. The number of carbonyl (C=O) groups is 2. The van der Waals surface area contributed by atoms with Crippen molar-refractivity contribution in [3.05, 3.63) is 59.7 Å². The smallest absolute Gasteiger partial charge is 0.329 e. The van der Waals surface area contributed by atoms with Crippen LogP contribution in [-0.4, -0.2) is 49.3 Å². The van der Waals surface area contributed by atoms with Gasteiger partial charge in [-0.15, -0.1) is 0 Å². The zero-order chi connectivity index (χ0) is 21.2. The number of ether oxygens (including phenoxy) is 2. The van der Waals surface area contributed by atoms with E-state index in [1.807, 2.05) is 36.4 Å². The van der Waals surface area contributed by atoms with Crippen molar-refractivity contribution in [3.63, 3.8) is 0 Å². The molecule has 1 unspecified atom stereocenters. The van der Waals surface area contributed by atoms with E-state index in [1.165, 1.54) is 15.4 Å². The van der Waals surface area contributed by atoms with Crippen molar-refractivity contribution in [2.45, 2.75) is 37.8 Å². The first kappa shape index (κ1) is 19.9. The first-order valence-corrected chi connectivity index (χ1v) is 11.1. The van der Waals surface area contributed by atoms with E-state index >= 15 is 0 Å². The van der Waals surface area contributed by atoms with Gasteiger partial charge in [-0.25, -0.2) is 9.69 Å². The zero-order valence-corrected chi connectivity index (χ0v) is 17.5. The van der Waals surface area contributed by atoms with E-state index in [0.29, 0.717) is 26.3 Å². The summed E-state index contributed by atoms with van der Waals surface area (Å²) in [7, 11) is 0. The highest BCUT2D eigenvalue weighted by Crippen LogP contribution is 2.33. The third-order valence-electron chi connectivity index (χ3n) is 6.41. The number of quaternary nitrogens is 1. The molecule has 2 fully saturated rings. The van der Waals surface area contributed by atoms with Crippen molar-refractivity contribution >= 4 is 11.9 Å². The summed E-state index contributed by atoms with van der Waals surface area (Å²) < 4.78 is 11.6. The predicted octanol–water partition coefficient (Wildman–Crippen LogP) is 1.69. The zero-order valence-electron chi connectivity index (χ0n) is 17.5. The molecule has 0 bridgehead atoms. The summed E-state index contributed by atoms with van der Waals surface area (Å²) in [6, 6.07) is 15.4. The number of nitrogens with zero attached hydrogens (tertiary/aromatic N) is 1. The van der Waals surface area contributed by atoms with Crippen molar-refractivity contribution in [2.24, 2.45) is 0 Å². The number of nitrogens with one attached hydrogen (secondary N) is 2. The largest absolute Gasteiger partial charge is 0.490 e. The van der Waals surface area contributed by atoms with E-state index in [4.69, 9.17) is 9.47 Å². The number of hydrogen-bond donors (Lipinski definition) is 2. The first-order valence-electron chi connectivity index (χ1n) is 11.1. The Kier molecular flexibility index (Phi) is 5.51. The molecule has 0 saturated carbocycles. The van der Waals surface area contributed by atoms with Gasteiger partial charge < -0.3 is 19.7 Å². The molecule has 2 N–H and O–H groups in total. The second kappa shape index (κ2) is 8.59. The lowest BCUT2D eigenvalue weighted by Gasteiger charge is -2.25. The van der Waals surface area contributed by atoms with Crippen LogP contribution in [0.15, 0.2) is 48.5 Å². The van der Waals surface area contributed by atoms with E-state index in [-0.39, 0.29) is 18.0 Å². The number of likely N-dealkylation sites (tertiary alicyclic amines) is 1. The van der Waals surface area contributed by atoms with Gasteiger partial charge in [-0.1, -0.05) is 30.3 Å². The van der Waals surface area contributed by atoms with E-state index in [0.717, 1.165) is 42.9 Å². The van der Waals surface area contributed by atoms with Gasteiger partial charge in [-0.2, -0.15) is 0 Å². The Labute approximate surface area is 181 Å². The maximum Gasteiger partial charge on any atom is 0.329 e. The average Bonchev–Trinajstić information content (AvgIpc) is 3.25. The molecule has 2 saturated heterocycles. The Balaban J connectivity index is 1.29. The van der Waals surface area contributed by atoms with E-state index < -0.39 is 6.04 Å². The average molecular weight is 423 g/mol. The molecule has 3 atom stereocenters. The molecular formula is C24H28N3O4+. The van der Waals surface area contributed by atoms with Gasteiger partial charge >= 0.3 is 6.03 Å². The van der Waals surface area contributed by atoms with Crippen LogP contribution in [0.5, 0.6) is 11.5 Å². The molecule has 3 amide bonds. The summed E-state index contributed by atoms with van der Waals surface area (Å²) in [5.74, 6) is 1.45. The van der Waals surface area contributed by atoms with Crippen molar-refractivity contribution in [2.75, 3.05) is 26.4 Å². The minimum absolute atomic E-state index is 0.134. The molecule has 0 spiro atoms. The number of hydrogen-bond acceptors (Lipinski definition) is 4. The predicted molar refractivity (Wildman–Crippen MR) is 114 cm³/mol. The third-order valence-corrected chi connectivity index (χ3v) is 6.41. The minimum Gasteiger partial charge on any atom is -0.490 e. The van der Waals surface area contributed by atoms with Crippen LogP contribution < -0.4 is 19.7 Å². The van der Waals surface area contributed by atoms with E-state index in [9.17, 15) is 9.59 Å². The van der Waals surface area contributed by atoms with Crippen LogP contribution >= 0.6 is 0 Å². The van der Waals surface area contributed by atoms with E-state index in [1.54, 1.807) is 0 Å². The van der Waals surface area contributed by atoms with Gasteiger partial charge in [0.2, 0.25) is 0 Å². The van der Waals surface area contributed by atoms with Crippen LogP contribution in [0.1, 0.15) is 36.4 Å². The molecule has 0 aromatic heterocycles. The van der Waals surface area contributed by atoms with Crippen molar-refractivity contribution in [1.29, 1.82) is 0 Å². The van der Waals surface area contributed by atoms with Gasteiger partial charge in [0.05, 0.1) is 19.8 Å². The molecule has 7 heteroatoms. The van der Waals surface area contributed by atoms with Gasteiger partial charge in [0.15, 0.2) is 18.2 Å². The molecule has 0 aliphatic carbocycles. The summed E-state index contributed by atoms with van der Waals surface area (Å²) >= 11 is 0. The summed E-state index contributed by atoms with van der Waals surface area (Å²) in [6.45, 7) is 2.64. The summed E-state index contributed by atoms with van der Waals surface area (Å²) in [5.41, 5.74) is 2.21. The fourth-order valence-electron chi connectivity index (χ4n) is 4.82. The molecule has 3 heterocycles. The lowest BCUT2D eigenvalue weighted by molar-refractivity contribution is -0.925.